The van der Waals surface area contributed by atoms with Gasteiger partial charge < -0.3 is 4.98 Å². The van der Waals surface area contributed by atoms with E-state index < -0.39 is 0 Å². The van der Waals surface area contributed by atoms with Gasteiger partial charge in [0.05, 0.1) is 10.9 Å². The summed E-state index contributed by atoms with van der Waals surface area (Å²) in [5.74, 6) is 0.282. The lowest BCUT2D eigenvalue weighted by molar-refractivity contribution is 0.628. The van der Waals surface area contributed by atoms with Crippen LogP contribution in [-0.4, -0.2) is 9.97 Å². The second-order valence-electron chi connectivity index (χ2n) is 4.39. The van der Waals surface area contributed by atoms with E-state index in [-0.39, 0.29) is 11.4 Å². The lowest BCUT2D eigenvalue weighted by Crippen LogP contribution is -2.09. The van der Waals surface area contributed by atoms with Gasteiger partial charge in [-0.25, -0.2) is 9.37 Å². The summed E-state index contributed by atoms with van der Waals surface area (Å²) in [5.41, 5.74) is 1.99. The number of nitrogens with zero attached hydrogens (tertiary/aromatic N) is 1. The largest absolute Gasteiger partial charge is 0.310 e. The molecule has 1 aromatic heterocycles. The minimum atomic E-state index is -0.298. The lowest BCUT2D eigenvalue weighted by atomic mass is 10.0. The molecule has 0 aliphatic carbocycles. The highest BCUT2D eigenvalue weighted by atomic mass is 19.1. The van der Waals surface area contributed by atoms with Crippen molar-refractivity contribution in [1.29, 1.82) is 0 Å². The number of H-pyrrole nitrogens is 1. The molecule has 3 aromatic rings. The van der Waals surface area contributed by atoms with E-state index in [1.165, 1.54) is 12.1 Å². The summed E-state index contributed by atoms with van der Waals surface area (Å²) in [7, 11) is 0. The minimum absolute atomic E-state index is 0.180. The Bertz CT molecular complexity index is 824. The fourth-order valence-corrected chi connectivity index (χ4v) is 2.10. The van der Waals surface area contributed by atoms with Gasteiger partial charge in [0.1, 0.15) is 11.6 Å². The SMILES string of the molecule is Cc1nc2ccc(-c3cccc(F)c3)cc2c(=O)[nH]1. The normalized spacial score (nSPS) is 10.8. The molecule has 94 valence electrons. The van der Waals surface area contributed by atoms with Gasteiger partial charge >= 0.3 is 0 Å². The molecule has 0 spiro atoms. The molecule has 0 aliphatic rings. The van der Waals surface area contributed by atoms with Crippen LogP contribution in [-0.2, 0) is 0 Å². The van der Waals surface area contributed by atoms with Crippen molar-refractivity contribution in [2.75, 3.05) is 0 Å². The van der Waals surface area contributed by atoms with Crippen LogP contribution in [0.3, 0.4) is 0 Å². The molecule has 3 nitrogen and oxygen atoms in total. The van der Waals surface area contributed by atoms with Crippen molar-refractivity contribution in [1.82, 2.24) is 9.97 Å². The van der Waals surface area contributed by atoms with Crippen molar-refractivity contribution in [3.05, 3.63) is 64.5 Å². The topological polar surface area (TPSA) is 45.8 Å². The molecule has 2 aromatic carbocycles. The molecule has 0 aliphatic heterocycles. The van der Waals surface area contributed by atoms with Crippen LogP contribution in [0.15, 0.2) is 47.3 Å². The Balaban J connectivity index is 2.25. The highest BCUT2D eigenvalue weighted by Gasteiger charge is 2.05. The van der Waals surface area contributed by atoms with Crippen LogP contribution >= 0.6 is 0 Å². The molecule has 0 unspecified atom stereocenters. The monoisotopic (exact) mass is 254 g/mol. The first-order valence-corrected chi connectivity index (χ1v) is 5.90. The molecule has 1 heterocycles. The van der Waals surface area contributed by atoms with Gasteiger partial charge in [-0.2, -0.15) is 0 Å². The molecule has 0 saturated heterocycles. The Labute approximate surface area is 108 Å². The standard InChI is InChI=1S/C15H11FN2O/c1-9-17-14-6-5-11(8-13(14)15(19)18-9)10-3-2-4-12(16)7-10/h2-8H,1H3,(H,17,18,19). The second-order valence-corrected chi connectivity index (χ2v) is 4.39. The second kappa shape index (κ2) is 4.31. The third kappa shape index (κ3) is 2.12. The maximum atomic E-state index is 13.2. The molecule has 0 bridgehead atoms. The summed E-state index contributed by atoms with van der Waals surface area (Å²) in [5, 5.41) is 0.507. The van der Waals surface area contributed by atoms with Gasteiger partial charge in [0.2, 0.25) is 0 Å². The van der Waals surface area contributed by atoms with Gasteiger partial charge in [0.15, 0.2) is 0 Å². The Morgan fingerprint density at radius 2 is 1.89 bits per heavy atom. The predicted molar refractivity (Wildman–Crippen MR) is 72.5 cm³/mol. The molecule has 0 fully saturated rings. The molecule has 0 atom stereocenters. The number of fused-ring (bicyclic) bond motifs is 1. The average Bonchev–Trinajstić information content (AvgIpc) is 2.38. The van der Waals surface area contributed by atoms with Crippen molar-refractivity contribution in [2.45, 2.75) is 6.92 Å². The Hall–Kier alpha value is -2.49. The van der Waals surface area contributed by atoms with Crippen LogP contribution in [0.1, 0.15) is 5.82 Å². The van der Waals surface area contributed by atoms with E-state index in [2.05, 4.69) is 9.97 Å². The van der Waals surface area contributed by atoms with E-state index in [0.29, 0.717) is 16.7 Å². The zero-order valence-corrected chi connectivity index (χ0v) is 10.3. The number of aromatic nitrogens is 2. The smallest absolute Gasteiger partial charge is 0.258 e. The van der Waals surface area contributed by atoms with Gasteiger partial charge in [-0.05, 0) is 42.3 Å². The van der Waals surface area contributed by atoms with Crippen LogP contribution in [0.25, 0.3) is 22.0 Å². The van der Waals surface area contributed by atoms with Gasteiger partial charge in [0.25, 0.3) is 5.56 Å². The highest BCUT2D eigenvalue weighted by molar-refractivity contribution is 5.83. The molecular formula is C15H11FN2O. The van der Waals surface area contributed by atoms with Crippen molar-refractivity contribution in [2.24, 2.45) is 0 Å². The zero-order valence-electron chi connectivity index (χ0n) is 10.3. The van der Waals surface area contributed by atoms with Crippen molar-refractivity contribution in [3.63, 3.8) is 0 Å². The average molecular weight is 254 g/mol. The van der Waals surface area contributed by atoms with Gasteiger partial charge in [0, 0.05) is 0 Å². The van der Waals surface area contributed by atoms with Gasteiger partial charge in [-0.1, -0.05) is 18.2 Å². The molecule has 4 heteroatoms. The first-order chi connectivity index (χ1) is 9.13. The number of aryl methyl sites for hydroxylation is 1. The Morgan fingerprint density at radius 1 is 1.11 bits per heavy atom. The van der Waals surface area contributed by atoms with Crippen molar-refractivity contribution < 1.29 is 4.39 Å². The van der Waals surface area contributed by atoms with Crippen LogP contribution in [0.5, 0.6) is 0 Å². The van der Waals surface area contributed by atoms with E-state index in [1.54, 1.807) is 31.2 Å². The third-order valence-corrected chi connectivity index (χ3v) is 2.98. The lowest BCUT2D eigenvalue weighted by Gasteiger charge is -2.04. The third-order valence-electron chi connectivity index (χ3n) is 2.98. The molecule has 0 radical (unpaired) electrons. The summed E-state index contributed by atoms with van der Waals surface area (Å²) >= 11 is 0. The van der Waals surface area contributed by atoms with E-state index in [9.17, 15) is 9.18 Å². The predicted octanol–water partition coefficient (Wildman–Crippen LogP) is 3.04. The van der Waals surface area contributed by atoms with Crippen LogP contribution in [0.4, 0.5) is 4.39 Å². The molecular weight excluding hydrogens is 243 g/mol. The van der Waals surface area contributed by atoms with E-state index in [0.717, 1.165) is 11.1 Å². The summed E-state index contributed by atoms with van der Waals surface area (Å²) in [6.45, 7) is 1.74. The zero-order chi connectivity index (χ0) is 13.4. The van der Waals surface area contributed by atoms with Crippen LogP contribution < -0.4 is 5.56 Å². The quantitative estimate of drug-likeness (QED) is 0.725. The first-order valence-electron chi connectivity index (χ1n) is 5.90. The summed E-state index contributed by atoms with van der Waals surface area (Å²) in [6, 6.07) is 11.6. The number of hydrogen-bond donors (Lipinski definition) is 1. The summed E-state index contributed by atoms with van der Waals surface area (Å²) in [6.07, 6.45) is 0. The van der Waals surface area contributed by atoms with Crippen molar-refractivity contribution >= 4 is 10.9 Å². The summed E-state index contributed by atoms with van der Waals surface area (Å²) < 4.78 is 13.2. The molecule has 0 amide bonds. The number of halogens is 1. The summed E-state index contributed by atoms with van der Waals surface area (Å²) in [4.78, 5) is 18.8. The van der Waals surface area contributed by atoms with Crippen LogP contribution in [0.2, 0.25) is 0 Å². The molecule has 19 heavy (non-hydrogen) atoms. The molecule has 0 saturated carbocycles. The van der Waals surface area contributed by atoms with Crippen LogP contribution in [0, 0.1) is 12.7 Å². The number of benzene rings is 2. The minimum Gasteiger partial charge on any atom is -0.310 e. The number of hydrogen-bond acceptors (Lipinski definition) is 2. The van der Waals surface area contributed by atoms with E-state index in [1.807, 2.05) is 6.07 Å². The number of nitrogens with one attached hydrogen (secondary N) is 1. The Morgan fingerprint density at radius 3 is 2.68 bits per heavy atom. The van der Waals surface area contributed by atoms with E-state index in [4.69, 9.17) is 0 Å². The fourth-order valence-electron chi connectivity index (χ4n) is 2.10. The van der Waals surface area contributed by atoms with Gasteiger partial charge in [-0.3, -0.25) is 4.79 Å². The molecule has 3 rings (SSSR count). The number of rotatable bonds is 1. The van der Waals surface area contributed by atoms with Crippen molar-refractivity contribution in [3.8, 4) is 11.1 Å². The Kier molecular flexibility index (Phi) is 2.63. The van der Waals surface area contributed by atoms with Gasteiger partial charge in [-0.15, -0.1) is 0 Å². The fraction of sp³-hybridized carbons (Fsp3) is 0.0667. The first kappa shape index (κ1) is 11.6. The maximum Gasteiger partial charge on any atom is 0.258 e. The highest BCUT2D eigenvalue weighted by Crippen LogP contribution is 2.22. The van der Waals surface area contributed by atoms with E-state index >= 15 is 0 Å². The maximum absolute atomic E-state index is 13.2. The molecule has 1 N–H and O–H groups in total. The number of aromatic amines is 1.